The minimum Gasteiger partial charge on any atom is -0.457 e. The summed E-state index contributed by atoms with van der Waals surface area (Å²) in [6.45, 7) is 9.70. The molecule has 0 saturated carbocycles. The van der Waals surface area contributed by atoms with Crippen LogP contribution < -0.4 is 10.2 Å². The number of imide groups is 1. The molecule has 216 valence electrons. The van der Waals surface area contributed by atoms with Crippen molar-refractivity contribution in [3.8, 4) is 0 Å². The molecule has 0 atom stereocenters. The average molecular weight is 575 g/mol. The van der Waals surface area contributed by atoms with E-state index in [4.69, 9.17) is 17.0 Å². The first-order chi connectivity index (χ1) is 19.8. The smallest absolute Gasteiger partial charge is 0.338 e. The first-order valence-electron chi connectivity index (χ1n) is 14.5. The van der Waals surface area contributed by atoms with Crippen molar-refractivity contribution < 1.29 is 19.1 Å². The Balaban J connectivity index is 0.982. The van der Waals surface area contributed by atoms with Crippen molar-refractivity contribution in [3.05, 3.63) is 75.9 Å². The van der Waals surface area contributed by atoms with Crippen LogP contribution in [-0.2, 0) is 27.5 Å². The van der Waals surface area contributed by atoms with Gasteiger partial charge in [0.05, 0.1) is 11.3 Å². The number of ether oxygens (including phenoxy) is 1. The fourth-order valence-electron chi connectivity index (χ4n) is 5.63. The van der Waals surface area contributed by atoms with E-state index < -0.39 is 0 Å². The number of hydrogen-bond acceptors (Lipinski definition) is 6. The number of fused-ring (bicyclic) bond motifs is 1. The van der Waals surface area contributed by atoms with Gasteiger partial charge in [-0.05, 0) is 75.6 Å². The Hall–Kier alpha value is -3.56. The lowest BCUT2D eigenvalue weighted by atomic mass is 10.0. The molecule has 5 rings (SSSR count). The zero-order valence-corrected chi connectivity index (χ0v) is 24.7. The topological polar surface area (TPSA) is 82.2 Å². The van der Waals surface area contributed by atoms with E-state index in [2.05, 4.69) is 46.3 Å². The van der Waals surface area contributed by atoms with Crippen molar-refractivity contribution in [3.63, 3.8) is 0 Å². The van der Waals surface area contributed by atoms with Gasteiger partial charge in [-0.1, -0.05) is 42.7 Å². The van der Waals surface area contributed by atoms with E-state index in [1.165, 1.54) is 16.0 Å². The van der Waals surface area contributed by atoms with Gasteiger partial charge in [-0.2, -0.15) is 0 Å². The van der Waals surface area contributed by atoms with E-state index in [1.807, 2.05) is 0 Å². The predicted molar refractivity (Wildman–Crippen MR) is 162 cm³/mol. The van der Waals surface area contributed by atoms with Gasteiger partial charge >= 0.3 is 5.97 Å². The van der Waals surface area contributed by atoms with Crippen molar-refractivity contribution in [1.82, 2.24) is 15.1 Å². The second kappa shape index (κ2) is 13.0. The van der Waals surface area contributed by atoms with Gasteiger partial charge in [-0.15, -0.1) is 0 Å². The number of nitrogens with one attached hydrogen (secondary N) is 1. The number of rotatable bonds is 10. The highest BCUT2D eigenvalue weighted by Crippen LogP contribution is 2.32. The molecule has 0 bridgehead atoms. The summed E-state index contributed by atoms with van der Waals surface area (Å²) in [6.07, 6.45) is 4.70. The van der Waals surface area contributed by atoms with Crippen molar-refractivity contribution in [2.24, 2.45) is 0 Å². The summed E-state index contributed by atoms with van der Waals surface area (Å²) in [5, 5.41) is 4.22. The fourth-order valence-corrected chi connectivity index (χ4v) is 5.89. The molecule has 1 fully saturated rings. The lowest BCUT2D eigenvalue weighted by Gasteiger charge is -2.36. The van der Waals surface area contributed by atoms with Gasteiger partial charge in [0, 0.05) is 49.4 Å². The molecule has 8 nitrogen and oxygen atoms in total. The van der Waals surface area contributed by atoms with E-state index in [0.717, 1.165) is 70.1 Å². The molecule has 3 aliphatic rings. The molecule has 41 heavy (non-hydrogen) atoms. The summed E-state index contributed by atoms with van der Waals surface area (Å²) < 4.78 is 5.05. The van der Waals surface area contributed by atoms with Gasteiger partial charge in [0.2, 0.25) is 0 Å². The molecular formula is C32H38N4O4S. The summed E-state index contributed by atoms with van der Waals surface area (Å²) in [5.41, 5.74) is 5.31. The summed E-state index contributed by atoms with van der Waals surface area (Å²) in [5.74, 6) is -0.894. The van der Waals surface area contributed by atoms with Gasteiger partial charge < -0.3 is 15.0 Å². The Morgan fingerprint density at radius 1 is 0.902 bits per heavy atom. The number of unbranched alkanes of at least 4 members (excludes halogenated alkanes) is 3. The highest BCUT2D eigenvalue weighted by Gasteiger charge is 2.37. The second-order valence-electron chi connectivity index (χ2n) is 11.1. The van der Waals surface area contributed by atoms with E-state index in [-0.39, 0.29) is 24.4 Å². The van der Waals surface area contributed by atoms with E-state index >= 15 is 0 Å². The van der Waals surface area contributed by atoms with Gasteiger partial charge in [-0.25, -0.2) is 9.69 Å². The van der Waals surface area contributed by atoms with Crippen LogP contribution in [0.15, 0.2) is 53.6 Å². The van der Waals surface area contributed by atoms with Crippen LogP contribution in [0.25, 0.3) is 0 Å². The van der Waals surface area contributed by atoms with Crippen LogP contribution in [0.4, 0.5) is 5.69 Å². The third-order valence-corrected chi connectivity index (χ3v) is 8.64. The molecule has 0 spiro atoms. The number of amides is 2. The number of piperazine rings is 1. The number of anilines is 1. The molecule has 2 amide bonds. The number of benzene rings is 2. The molecule has 0 unspecified atom stereocenters. The molecule has 1 N–H and O–H groups in total. The van der Waals surface area contributed by atoms with Crippen LogP contribution in [0, 0.1) is 6.92 Å². The van der Waals surface area contributed by atoms with Crippen LogP contribution in [0.1, 0.15) is 66.1 Å². The normalized spacial score (nSPS) is 17.4. The minimum atomic E-state index is -0.367. The number of carbonyl (C=O) groups is 3. The molecule has 2 aromatic carbocycles. The zero-order valence-electron chi connectivity index (χ0n) is 23.9. The van der Waals surface area contributed by atoms with Crippen molar-refractivity contribution in [1.29, 1.82) is 0 Å². The molecule has 0 radical (unpaired) electrons. The monoisotopic (exact) mass is 574 g/mol. The third-order valence-electron chi connectivity index (χ3n) is 8.24. The third kappa shape index (κ3) is 6.68. The zero-order chi connectivity index (χ0) is 28.9. The summed E-state index contributed by atoms with van der Waals surface area (Å²) >= 11 is 5.63. The van der Waals surface area contributed by atoms with E-state index in [1.54, 1.807) is 25.1 Å². The molecule has 3 aliphatic heterocycles. The maximum Gasteiger partial charge on any atom is 0.338 e. The summed E-state index contributed by atoms with van der Waals surface area (Å²) in [4.78, 5) is 43.8. The number of cyclic esters (lactones) is 1. The highest BCUT2D eigenvalue weighted by atomic mass is 32.1. The number of aryl methyl sites for hydroxylation is 1. The predicted octanol–water partition coefficient (Wildman–Crippen LogP) is 4.50. The first kappa shape index (κ1) is 29.0. The number of carbonyl (C=O) groups excluding carboxylic acids is 3. The van der Waals surface area contributed by atoms with Gasteiger partial charge in [-0.3, -0.25) is 14.5 Å². The molecular weight excluding hydrogens is 536 g/mol. The number of hydrogen-bond donors (Lipinski definition) is 1. The maximum atomic E-state index is 13.1. The van der Waals surface area contributed by atoms with Crippen LogP contribution >= 0.6 is 12.2 Å². The van der Waals surface area contributed by atoms with Crippen molar-refractivity contribution in [2.75, 3.05) is 37.6 Å². The average Bonchev–Trinajstić information content (AvgIpc) is 3.45. The van der Waals surface area contributed by atoms with E-state index in [0.29, 0.717) is 34.4 Å². The summed E-state index contributed by atoms with van der Waals surface area (Å²) in [7, 11) is 0. The Labute approximate surface area is 247 Å². The highest BCUT2D eigenvalue weighted by molar-refractivity contribution is 7.80. The molecule has 3 heterocycles. The van der Waals surface area contributed by atoms with Crippen molar-refractivity contribution in [2.45, 2.75) is 59.1 Å². The standard InChI is InChI=1S/C32H38N4O4S/c1-22-8-10-24(11-9-22)20-33-32(41)35-17-15-34(16-18-35)14-6-4-3-5-7-27-23(2)29(37)36(30(27)38)26-12-13-28-25(19-26)21-40-31(28)39/h8-13,19H,3-7,14-18,20-21H2,1-2H3,(H,33,41). The van der Waals surface area contributed by atoms with Crippen molar-refractivity contribution >= 4 is 40.8 Å². The Bertz CT molecular complexity index is 1360. The fraction of sp³-hybridized carbons (Fsp3) is 0.438. The molecule has 1 saturated heterocycles. The Morgan fingerprint density at radius 2 is 1.63 bits per heavy atom. The van der Waals surface area contributed by atoms with Crippen LogP contribution in [-0.4, -0.2) is 65.4 Å². The van der Waals surface area contributed by atoms with Crippen LogP contribution in [0.3, 0.4) is 0 Å². The Morgan fingerprint density at radius 3 is 2.39 bits per heavy atom. The lowest BCUT2D eigenvalue weighted by molar-refractivity contribution is -0.120. The van der Waals surface area contributed by atoms with Crippen LogP contribution in [0.5, 0.6) is 0 Å². The molecule has 9 heteroatoms. The van der Waals surface area contributed by atoms with Gasteiger partial charge in [0.15, 0.2) is 5.11 Å². The molecule has 0 aromatic heterocycles. The largest absolute Gasteiger partial charge is 0.457 e. The number of nitrogens with zero attached hydrogens (tertiary/aromatic N) is 3. The quantitative estimate of drug-likeness (QED) is 0.192. The second-order valence-corrected chi connectivity index (χ2v) is 11.5. The molecule has 2 aromatic rings. The SMILES string of the molecule is CC1=C(CCCCCCN2CCN(C(=S)NCc3ccc(C)cc3)CC2)C(=O)N(c2ccc3c(c2)COC3=O)C1=O. The Kier molecular flexibility index (Phi) is 9.15. The van der Waals surface area contributed by atoms with E-state index in [9.17, 15) is 14.4 Å². The van der Waals surface area contributed by atoms with Gasteiger partial charge in [0.25, 0.3) is 11.8 Å². The number of esters is 1. The first-order valence-corrected chi connectivity index (χ1v) is 14.9. The maximum absolute atomic E-state index is 13.1. The summed E-state index contributed by atoms with van der Waals surface area (Å²) in [6, 6.07) is 13.5. The minimum absolute atomic E-state index is 0.173. The molecule has 0 aliphatic carbocycles. The van der Waals surface area contributed by atoms with Crippen LogP contribution in [0.2, 0.25) is 0 Å². The van der Waals surface area contributed by atoms with Gasteiger partial charge in [0.1, 0.15) is 6.61 Å². The number of thiocarbonyl (C=S) groups is 1. The lowest BCUT2D eigenvalue weighted by Crippen LogP contribution is -2.51.